The first-order valence-corrected chi connectivity index (χ1v) is 11.4. The number of halogens is 4. The quantitative estimate of drug-likeness (QED) is 0.558. The second-order valence-electron chi connectivity index (χ2n) is 9.84. The highest BCUT2D eigenvalue weighted by Crippen LogP contribution is 2.58. The third kappa shape index (κ3) is 3.09. The molecule has 3 aromatic heterocycles. The minimum absolute atomic E-state index is 0.0408. The average molecular weight is 475 g/mol. The molecule has 2 aliphatic carbocycles. The van der Waals surface area contributed by atoms with Crippen molar-refractivity contribution in [3.63, 3.8) is 0 Å². The van der Waals surface area contributed by atoms with Crippen LogP contribution in [0.1, 0.15) is 41.8 Å². The fourth-order valence-corrected chi connectivity index (χ4v) is 5.59. The summed E-state index contributed by atoms with van der Waals surface area (Å²) in [5, 5.41) is 8.83. The number of hydrogen-bond donors (Lipinski definition) is 2. The summed E-state index contributed by atoms with van der Waals surface area (Å²) in [4.78, 5) is 9.97. The Kier molecular flexibility index (Phi) is 4.46. The number of aromatic nitrogens is 4. The topological polar surface area (TPSA) is 84.9 Å². The number of nitrogens with two attached hydrogens (primary N) is 1. The second-order valence-corrected chi connectivity index (χ2v) is 9.84. The zero-order chi connectivity index (χ0) is 24.1. The van der Waals surface area contributed by atoms with E-state index in [1.165, 1.54) is 6.92 Å². The highest BCUT2D eigenvalue weighted by atomic mass is 19.4. The molecule has 0 radical (unpaired) electrons. The molecule has 4 heterocycles. The van der Waals surface area contributed by atoms with Crippen LogP contribution >= 0.6 is 0 Å². The number of nitrogens with one attached hydrogen (secondary N) is 1. The van der Waals surface area contributed by atoms with E-state index >= 15 is 4.39 Å². The summed E-state index contributed by atoms with van der Waals surface area (Å²) < 4.78 is 60.1. The van der Waals surface area contributed by atoms with Crippen molar-refractivity contribution in [1.29, 1.82) is 0 Å². The predicted octanol–water partition coefficient (Wildman–Crippen LogP) is 3.88. The van der Waals surface area contributed by atoms with Gasteiger partial charge in [0.05, 0.1) is 28.4 Å². The Morgan fingerprint density at radius 3 is 2.41 bits per heavy atom. The van der Waals surface area contributed by atoms with Crippen molar-refractivity contribution >= 4 is 22.5 Å². The highest BCUT2D eigenvalue weighted by molar-refractivity contribution is 5.97. The van der Waals surface area contributed by atoms with Gasteiger partial charge in [0.25, 0.3) is 0 Å². The second kappa shape index (κ2) is 7.03. The summed E-state index contributed by atoms with van der Waals surface area (Å²) in [7, 11) is 3.52. The summed E-state index contributed by atoms with van der Waals surface area (Å²) in [6.07, 6.45) is -3.03. The van der Waals surface area contributed by atoms with Gasteiger partial charge in [0.2, 0.25) is 0 Å². The molecular formula is C23H25F4N7. The van der Waals surface area contributed by atoms with Gasteiger partial charge in [-0.05, 0) is 50.8 Å². The maximum atomic E-state index is 16.3. The fourth-order valence-electron chi connectivity index (χ4n) is 5.59. The molecule has 3 atom stereocenters. The molecule has 0 amide bonds. The lowest BCUT2D eigenvalue weighted by Gasteiger charge is -2.20. The Labute approximate surface area is 193 Å². The van der Waals surface area contributed by atoms with Crippen molar-refractivity contribution < 1.29 is 17.6 Å². The van der Waals surface area contributed by atoms with Gasteiger partial charge in [0, 0.05) is 25.6 Å². The molecule has 0 aromatic carbocycles. The van der Waals surface area contributed by atoms with Gasteiger partial charge in [-0.15, -0.1) is 0 Å². The molecule has 2 saturated carbocycles. The van der Waals surface area contributed by atoms with Gasteiger partial charge in [-0.1, -0.05) is 0 Å². The first-order chi connectivity index (χ1) is 16.1. The van der Waals surface area contributed by atoms with E-state index in [0.29, 0.717) is 23.0 Å². The number of anilines is 2. The van der Waals surface area contributed by atoms with Crippen LogP contribution in [0.25, 0.3) is 22.2 Å². The van der Waals surface area contributed by atoms with E-state index in [9.17, 15) is 13.2 Å². The minimum atomic E-state index is -4.75. The van der Waals surface area contributed by atoms with Crippen molar-refractivity contribution in [2.45, 2.75) is 37.9 Å². The summed E-state index contributed by atoms with van der Waals surface area (Å²) in [5.41, 5.74) is 4.70. The van der Waals surface area contributed by atoms with E-state index in [4.69, 9.17) is 10.8 Å². The lowest BCUT2D eigenvalue weighted by atomic mass is 10.00. The summed E-state index contributed by atoms with van der Waals surface area (Å²) in [5.74, 6) is 0.589. The largest absolute Gasteiger partial charge is 0.418 e. The molecule has 3 aliphatic rings. The van der Waals surface area contributed by atoms with Gasteiger partial charge in [-0.25, -0.2) is 14.4 Å². The average Bonchev–Trinajstić information content (AvgIpc) is 3.61. The maximum absolute atomic E-state index is 16.3. The third-order valence-corrected chi connectivity index (χ3v) is 7.28. The molecule has 0 spiro atoms. The Morgan fingerprint density at radius 1 is 1.15 bits per heavy atom. The molecule has 1 aliphatic heterocycles. The van der Waals surface area contributed by atoms with Crippen LogP contribution in [0.3, 0.4) is 0 Å². The third-order valence-electron chi connectivity index (χ3n) is 7.28. The first-order valence-electron chi connectivity index (χ1n) is 11.4. The van der Waals surface area contributed by atoms with Gasteiger partial charge in [-0.3, -0.25) is 4.68 Å². The molecule has 180 valence electrons. The zero-order valence-electron chi connectivity index (χ0n) is 19.0. The SMILES string of the molecule is Cc1nc(N)cc(-c2nc(N(C)C)c3c(C4[C@H]5CNC[C@@H]45)nn(C4CC4)c3c2F)c1C(F)(F)F. The predicted molar refractivity (Wildman–Crippen MR) is 120 cm³/mol. The van der Waals surface area contributed by atoms with Gasteiger partial charge >= 0.3 is 6.18 Å². The molecule has 3 N–H and O–H groups in total. The molecule has 1 saturated heterocycles. The van der Waals surface area contributed by atoms with E-state index in [-0.39, 0.29) is 34.7 Å². The van der Waals surface area contributed by atoms with Gasteiger partial charge < -0.3 is 16.0 Å². The Hall–Kier alpha value is -2.95. The van der Waals surface area contributed by atoms with Crippen LogP contribution in [0.2, 0.25) is 0 Å². The monoisotopic (exact) mass is 475 g/mol. The summed E-state index contributed by atoms with van der Waals surface area (Å²) in [6.45, 7) is 3.00. The number of alkyl halides is 3. The number of aryl methyl sites for hydroxylation is 1. The molecule has 6 rings (SSSR count). The Bertz CT molecular complexity index is 1320. The number of nitrogen functional groups attached to an aromatic ring is 1. The van der Waals surface area contributed by atoms with Gasteiger partial charge in [0.1, 0.15) is 22.8 Å². The van der Waals surface area contributed by atoms with Gasteiger partial charge in [-0.2, -0.15) is 18.3 Å². The smallest absolute Gasteiger partial charge is 0.384 e. The lowest BCUT2D eigenvalue weighted by molar-refractivity contribution is -0.137. The zero-order valence-corrected chi connectivity index (χ0v) is 19.0. The molecule has 3 fully saturated rings. The van der Waals surface area contributed by atoms with Crippen LogP contribution in [-0.4, -0.2) is 46.9 Å². The molecule has 1 unspecified atom stereocenters. The van der Waals surface area contributed by atoms with E-state index in [1.807, 2.05) is 0 Å². The van der Waals surface area contributed by atoms with Crippen LogP contribution in [0, 0.1) is 24.6 Å². The van der Waals surface area contributed by atoms with Crippen LogP contribution in [0.4, 0.5) is 29.2 Å². The highest BCUT2D eigenvalue weighted by Gasteiger charge is 2.56. The van der Waals surface area contributed by atoms with Crippen LogP contribution < -0.4 is 16.0 Å². The molecule has 34 heavy (non-hydrogen) atoms. The molecule has 3 aromatic rings. The number of rotatable bonds is 4. The summed E-state index contributed by atoms with van der Waals surface area (Å²) >= 11 is 0. The number of hydrogen-bond acceptors (Lipinski definition) is 6. The van der Waals surface area contributed by atoms with Crippen LogP contribution in [-0.2, 0) is 6.18 Å². The standard InChI is InChI=1S/C23H25F4N7/c1-9-17(23(25,26)27)11(6-14(28)30-9)19-18(24)21-16(22(31-19)33(2)3)20(32-34(21)10-4-5-10)15-12-7-29-8-13(12)15/h6,10,12-13,15,29H,4-5,7-8H2,1-3H3,(H2,28,30)/t12-,13+,15?. The fraction of sp³-hybridized carbons (Fsp3) is 0.522. The van der Waals surface area contributed by atoms with Gasteiger partial charge in [0.15, 0.2) is 5.82 Å². The van der Waals surface area contributed by atoms with E-state index in [2.05, 4.69) is 15.3 Å². The first kappa shape index (κ1) is 21.6. The van der Waals surface area contributed by atoms with Crippen LogP contribution in [0.5, 0.6) is 0 Å². The Morgan fingerprint density at radius 2 is 1.82 bits per heavy atom. The van der Waals surface area contributed by atoms with E-state index < -0.39 is 23.1 Å². The Balaban J connectivity index is 1.67. The number of nitrogens with zero attached hydrogens (tertiary/aromatic N) is 5. The molecular weight excluding hydrogens is 450 g/mol. The number of piperidine rings is 1. The number of pyridine rings is 2. The molecule has 7 nitrogen and oxygen atoms in total. The number of fused-ring (bicyclic) bond motifs is 2. The normalized spacial score (nSPS) is 24.0. The maximum Gasteiger partial charge on any atom is 0.418 e. The van der Waals surface area contributed by atoms with Crippen molar-refractivity contribution in [2.75, 3.05) is 37.8 Å². The lowest BCUT2D eigenvalue weighted by Crippen LogP contribution is -2.16. The van der Waals surface area contributed by atoms with Crippen LogP contribution in [0.15, 0.2) is 6.07 Å². The van der Waals surface area contributed by atoms with Crippen molar-refractivity contribution in [3.8, 4) is 11.3 Å². The molecule has 11 heteroatoms. The van der Waals surface area contributed by atoms with Crippen molar-refractivity contribution in [3.05, 3.63) is 28.8 Å². The molecule has 0 bridgehead atoms. The van der Waals surface area contributed by atoms with Crippen molar-refractivity contribution in [1.82, 2.24) is 25.1 Å². The van der Waals surface area contributed by atoms with Crippen molar-refractivity contribution in [2.24, 2.45) is 11.8 Å². The minimum Gasteiger partial charge on any atom is -0.384 e. The van der Waals surface area contributed by atoms with E-state index in [0.717, 1.165) is 37.7 Å². The summed E-state index contributed by atoms with van der Waals surface area (Å²) in [6, 6.07) is 1.10. The van der Waals surface area contributed by atoms with E-state index in [1.54, 1.807) is 23.7 Å².